The van der Waals surface area contributed by atoms with E-state index in [0.29, 0.717) is 16.5 Å². The summed E-state index contributed by atoms with van der Waals surface area (Å²) in [6.45, 7) is 3.84. The number of rotatable bonds is 8. The number of nitrogens with zero attached hydrogens (tertiary/aromatic N) is 4. The lowest BCUT2D eigenvalue weighted by Crippen LogP contribution is -2.38. The van der Waals surface area contributed by atoms with E-state index in [1.165, 1.54) is 24.2 Å². The third kappa shape index (κ3) is 5.25. The molecule has 1 saturated heterocycles. The second-order valence-corrected chi connectivity index (χ2v) is 11.0. The molecule has 0 unspecified atom stereocenters. The molecule has 1 aliphatic heterocycles. The number of Topliss-reactive ketones (excluding diaryl/α,β-unsaturated/α-hetero) is 1. The Morgan fingerprint density at radius 1 is 1.08 bits per heavy atom. The maximum Gasteiger partial charge on any atom is 0.223 e. The first-order valence-electron chi connectivity index (χ1n) is 12.5. The fourth-order valence-electron chi connectivity index (χ4n) is 4.93. The second-order valence-electron chi connectivity index (χ2n) is 9.49. The monoisotopic (exact) mass is 523 g/mol. The van der Waals surface area contributed by atoms with E-state index in [2.05, 4.69) is 17.2 Å². The van der Waals surface area contributed by atoms with Gasteiger partial charge in [-0.15, -0.1) is 0 Å². The Labute approximate surface area is 219 Å². The normalized spacial score (nSPS) is 14.6. The van der Waals surface area contributed by atoms with Crippen LogP contribution in [-0.4, -0.2) is 44.2 Å². The zero-order chi connectivity index (χ0) is 25.2. The number of hydrogen-bond acceptors (Lipinski definition) is 6. The minimum Gasteiger partial charge on any atom is -0.343 e. The molecular formula is C27H30ClN5O2S. The number of amides is 1. The molecule has 36 heavy (non-hydrogen) atoms. The molecule has 5 rings (SSSR count). The van der Waals surface area contributed by atoms with Gasteiger partial charge in [0.1, 0.15) is 0 Å². The topological polar surface area (TPSA) is 80.1 Å². The van der Waals surface area contributed by atoms with Crippen LogP contribution in [0.4, 0.5) is 11.1 Å². The molecule has 0 aliphatic carbocycles. The first-order chi connectivity index (χ1) is 17.4. The third-order valence-corrected chi connectivity index (χ3v) is 8.17. The Morgan fingerprint density at radius 3 is 2.67 bits per heavy atom. The lowest BCUT2D eigenvalue weighted by molar-refractivity contribution is -0.132. The van der Waals surface area contributed by atoms with E-state index < -0.39 is 0 Å². The fourth-order valence-corrected chi connectivity index (χ4v) is 6.07. The maximum atomic E-state index is 12.9. The lowest BCUT2D eigenvalue weighted by atomic mass is 9.92. The van der Waals surface area contributed by atoms with Crippen LogP contribution in [0.3, 0.4) is 0 Å². The highest BCUT2D eigenvalue weighted by Gasteiger charge is 2.23. The summed E-state index contributed by atoms with van der Waals surface area (Å²) in [6.07, 6.45) is 5.05. The van der Waals surface area contributed by atoms with E-state index in [9.17, 15) is 9.59 Å². The highest BCUT2D eigenvalue weighted by atomic mass is 35.5. The number of hydrogen-bond donors (Lipinski definition) is 1. The molecule has 9 heteroatoms. The lowest BCUT2D eigenvalue weighted by Gasteiger charge is -2.32. The minimum absolute atomic E-state index is 0.0330. The molecule has 1 N–H and O–H groups in total. The Hall–Kier alpha value is -2.97. The number of ketones is 1. The van der Waals surface area contributed by atoms with Crippen LogP contribution >= 0.6 is 22.9 Å². The largest absolute Gasteiger partial charge is 0.343 e. The van der Waals surface area contributed by atoms with E-state index in [-0.39, 0.29) is 24.5 Å². The number of halogens is 1. The summed E-state index contributed by atoms with van der Waals surface area (Å²) in [7, 11) is 1.92. The van der Waals surface area contributed by atoms with Crippen LogP contribution in [0.15, 0.2) is 36.4 Å². The molecule has 0 saturated carbocycles. The van der Waals surface area contributed by atoms with Crippen LogP contribution in [-0.2, 0) is 11.8 Å². The van der Waals surface area contributed by atoms with Gasteiger partial charge >= 0.3 is 0 Å². The number of carbonyl (C=O) groups excluding carboxylic acids is 2. The highest BCUT2D eigenvalue weighted by molar-refractivity contribution is 7.22. The van der Waals surface area contributed by atoms with Crippen molar-refractivity contribution in [2.24, 2.45) is 13.0 Å². The van der Waals surface area contributed by atoms with Gasteiger partial charge in [0.2, 0.25) is 11.9 Å². The molecule has 2 aromatic heterocycles. The van der Waals surface area contributed by atoms with Crippen molar-refractivity contribution >= 4 is 67.0 Å². The van der Waals surface area contributed by atoms with Crippen molar-refractivity contribution in [2.75, 3.05) is 18.4 Å². The van der Waals surface area contributed by atoms with Crippen molar-refractivity contribution in [2.45, 2.75) is 45.4 Å². The number of nitrogens with one attached hydrogen (secondary N) is 1. The number of imidazole rings is 1. The first-order valence-corrected chi connectivity index (χ1v) is 13.7. The van der Waals surface area contributed by atoms with Gasteiger partial charge in [0.25, 0.3) is 0 Å². The van der Waals surface area contributed by atoms with Crippen molar-refractivity contribution < 1.29 is 9.59 Å². The summed E-state index contributed by atoms with van der Waals surface area (Å²) >= 11 is 7.60. The third-order valence-electron chi connectivity index (χ3n) is 7.00. The molecule has 0 spiro atoms. The molecular weight excluding hydrogens is 494 g/mol. The van der Waals surface area contributed by atoms with E-state index in [0.717, 1.165) is 58.2 Å². The Morgan fingerprint density at radius 2 is 1.89 bits per heavy atom. The van der Waals surface area contributed by atoms with Crippen molar-refractivity contribution in [3.63, 3.8) is 0 Å². The predicted molar refractivity (Wildman–Crippen MR) is 146 cm³/mol. The molecule has 1 fully saturated rings. The van der Waals surface area contributed by atoms with Crippen molar-refractivity contribution in [3.8, 4) is 0 Å². The summed E-state index contributed by atoms with van der Waals surface area (Å²) in [6, 6.07) is 11.1. The van der Waals surface area contributed by atoms with Gasteiger partial charge in [-0.05, 0) is 55.2 Å². The summed E-state index contributed by atoms with van der Waals surface area (Å²) in [5.74, 6) is 1.43. The van der Waals surface area contributed by atoms with Gasteiger partial charge in [-0.2, -0.15) is 0 Å². The number of aryl methyl sites for hydroxylation is 1. The van der Waals surface area contributed by atoms with Gasteiger partial charge in [-0.1, -0.05) is 42.7 Å². The maximum absolute atomic E-state index is 12.9. The molecule has 188 valence electrons. The zero-order valence-electron chi connectivity index (χ0n) is 20.6. The summed E-state index contributed by atoms with van der Waals surface area (Å²) in [5, 5.41) is 4.69. The predicted octanol–water partition coefficient (Wildman–Crippen LogP) is 6.58. The van der Waals surface area contributed by atoms with Crippen LogP contribution in [0.5, 0.6) is 0 Å². The van der Waals surface area contributed by atoms with E-state index >= 15 is 0 Å². The van der Waals surface area contributed by atoms with E-state index in [4.69, 9.17) is 16.6 Å². The highest BCUT2D eigenvalue weighted by Crippen LogP contribution is 2.31. The molecule has 1 aliphatic rings. The van der Waals surface area contributed by atoms with Crippen LogP contribution in [0, 0.1) is 5.92 Å². The summed E-state index contributed by atoms with van der Waals surface area (Å²) in [4.78, 5) is 36.8. The number of aromatic nitrogens is 3. The van der Waals surface area contributed by atoms with Gasteiger partial charge in [-0.25, -0.2) is 9.97 Å². The second kappa shape index (κ2) is 10.6. The number of fused-ring (bicyclic) bond motifs is 2. The van der Waals surface area contributed by atoms with Gasteiger partial charge in [0.05, 0.1) is 21.3 Å². The fraction of sp³-hybridized carbons (Fsp3) is 0.407. The van der Waals surface area contributed by atoms with Gasteiger partial charge < -0.3 is 14.8 Å². The standard InChI is InChI=1S/C27H30ClN5O2S/c1-3-4-17-11-13-33(14-12-17)25(35)10-9-23(34)18-5-8-22-21(15-18)29-26(32(22)2)31-27-30-20-7-6-19(28)16-24(20)36-27/h5-8,15-17H,3-4,9-14H2,1-2H3,(H,29,30,31). The number of thiazole rings is 1. The quantitative estimate of drug-likeness (QED) is 0.264. The van der Waals surface area contributed by atoms with Crippen LogP contribution in [0.25, 0.3) is 21.3 Å². The Balaban J connectivity index is 1.23. The summed E-state index contributed by atoms with van der Waals surface area (Å²) < 4.78 is 2.94. The number of carbonyl (C=O) groups is 2. The molecule has 3 heterocycles. The zero-order valence-corrected chi connectivity index (χ0v) is 22.2. The molecule has 0 atom stereocenters. The van der Waals surface area contributed by atoms with Crippen LogP contribution in [0.1, 0.15) is 55.8 Å². The van der Waals surface area contributed by atoms with Crippen molar-refractivity contribution in [1.82, 2.24) is 19.4 Å². The van der Waals surface area contributed by atoms with Gasteiger partial charge in [-0.3, -0.25) is 9.59 Å². The van der Waals surface area contributed by atoms with Crippen molar-refractivity contribution in [1.29, 1.82) is 0 Å². The molecule has 2 aromatic carbocycles. The Bertz CT molecular complexity index is 1420. The number of anilines is 2. The molecule has 4 aromatic rings. The SMILES string of the molecule is CCCC1CCN(C(=O)CCC(=O)c2ccc3c(c2)nc(Nc2nc4ccc(Cl)cc4s2)n3C)CC1. The minimum atomic E-state index is -0.0330. The smallest absolute Gasteiger partial charge is 0.223 e. The van der Waals surface area contributed by atoms with E-state index in [1.54, 1.807) is 0 Å². The van der Waals surface area contributed by atoms with Crippen molar-refractivity contribution in [3.05, 3.63) is 47.0 Å². The molecule has 0 radical (unpaired) electrons. The number of benzene rings is 2. The number of likely N-dealkylation sites (tertiary alicyclic amines) is 1. The van der Waals surface area contributed by atoms with Gasteiger partial charge in [0, 0.05) is 43.6 Å². The van der Waals surface area contributed by atoms with Crippen LogP contribution in [0.2, 0.25) is 5.02 Å². The van der Waals surface area contributed by atoms with Gasteiger partial charge in [0.15, 0.2) is 10.9 Å². The molecule has 7 nitrogen and oxygen atoms in total. The Kier molecular flexibility index (Phi) is 7.25. The average molecular weight is 524 g/mol. The first kappa shape index (κ1) is 24.7. The molecule has 1 amide bonds. The average Bonchev–Trinajstić information content (AvgIpc) is 3.42. The van der Waals surface area contributed by atoms with Crippen LogP contribution < -0.4 is 5.32 Å². The van der Waals surface area contributed by atoms with E-state index in [1.807, 2.05) is 52.9 Å². The number of piperidine rings is 1. The molecule has 0 bridgehead atoms. The summed E-state index contributed by atoms with van der Waals surface area (Å²) in [5.41, 5.74) is 3.08.